The summed E-state index contributed by atoms with van der Waals surface area (Å²) in [4.78, 5) is 28.2. The molecule has 2 heterocycles. The Morgan fingerprint density at radius 1 is 1.30 bits per heavy atom. The van der Waals surface area contributed by atoms with Gasteiger partial charge in [-0.3, -0.25) is 9.20 Å². The zero-order chi connectivity index (χ0) is 16.6. The summed E-state index contributed by atoms with van der Waals surface area (Å²) >= 11 is 5.92. The molecule has 3 rings (SSSR count). The highest BCUT2D eigenvalue weighted by molar-refractivity contribution is 6.30. The lowest BCUT2D eigenvalue weighted by Crippen LogP contribution is -2.25. The molecule has 0 unspecified atom stereocenters. The number of anilines is 2. The van der Waals surface area contributed by atoms with Gasteiger partial charge in [-0.15, -0.1) is 0 Å². The number of fused-ring (bicyclic) bond motifs is 1. The molecule has 7 heteroatoms. The van der Waals surface area contributed by atoms with Crippen LogP contribution in [0.2, 0.25) is 5.02 Å². The van der Waals surface area contributed by atoms with Crippen molar-refractivity contribution in [3.63, 3.8) is 0 Å². The summed E-state index contributed by atoms with van der Waals surface area (Å²) in [6.07, 6.45) is 1.51. The van der Waals surface area contributed by atoms with Gasteiger partial charge >= 0.3 is 5.97 Å². The van der Waals surface area contributed by atoms with E-state index in [1.807, 2.05) is 6.92 Å². The summed E-state index contributed by atoms with van der Waals surface area (Å²) in [5, 5.41) is 12.7. The number of hydrogen-bond donors (Lipinski definition) is 2. The van der Waals surface area contributed by atoms with Gasteiger partial charge in [-0.2, -0.15) is 0 Å². The molecular weight excluding hydrogens is 318 g/mol. The first-order chi connectivity index (χ1) is 11.0. The molecule has 0 bridgehead atoms. The van der Waals surface area contributed by atoms with E-state index in [4.69, 9.17) is 11.6 Å². The lowest BCUT2D eigenvalue weighted by atomic mass is 10.2. The van der Waals surface area contributed by atoms with Gasteiger partial charge in [0.2, 0.25) is 0 Å². The minimum Gasteiger partial charge on any atom is -0.477 e. The van der Waals surface area contributed by atoms with Gasteiger partial charge in [-0.25, -0.2) is 9.78 Å². The number of nitrogens with zero attached hydrogens (tertiary/aromatic N) is 2. The summed E-state index contributed by atoms with van der Waals surface area (Å²) in [5.41, 5.74) is 0.750. The van der Waals surface area contributed by atoms with Crippen LogP contribution in [0.1, 0.15) is 15.9 Å². The van der Waals surface area contributed by atoms with Gasteiger partial charge in [0.25, 0.3) is 5.56 Å². The van der Waals surface area contributed by atoms with Crippen molar-refractivity contribution in [1.82, 2.24) is 9.38 Å². The highest BCUT2D eigenvalue weighted by atomic mass is 35.5. The summed E-state index contributed by atoms with van der Waals surface area (Å²) in [7, 11) is 0. The Kier molecular flexibility index (Phi) is 3.75. The molecule has 116 valence electrons. The SMILES string of the molecule is Cc1ccn2c(=O)c(C(=O)O)c(Nc3cccc(Cl)c3)nc2c1. The molecular formula is C16H12ClN3O3. The molecule has 0 aliphatic heterocycles. The van der Waals surface area contributed by atoms with E-state index in [0.717, 1.165) is 5.56 Å². The van der Waals surface area contributed by atoms with Crippen LogP contribution in [0.3, 0.4) is 0 Å². The van der Waals surface area contributed by atoms with Crippen molar-refractivity contribution >= 4 is 34.7 Å². The van der Waals surface area contributed by atoms with Gasteiger partial charge in [-0.05, 0) is 42.8 Å². The van der Waals surface area contributed by atoms with Crippen molar-refractivity contribution in [2.45, 2.75) is 6.92 Å². The second kappa shape index (κ2) is 5.73. The van der Waals surface area contributed by atoms with Crippen LogP contribution in [0.25, 0.3) is 5.65 Å². The van der Waals surface area contributed by atoms with E-state index in [1.165, 1.54) is 10.6 Å². The molecule has 2 N–H and O–H groups in total. The third-order valence-electron chi connectivity index (χ3n) is 3.29. The number of carboxylic acids is 1. The third-order valence-corrected chi connectivity index (χ3v) is 3.52. The number of pyridine rings is 1. The van der Waals surface area contributed by atoms with Gasteiger partial charge in [0.15, 0.2) is 11.4 Å². The maximum Gasteiger partial charge on any atom is 0.345 e. The van der Waals surface area contributed by atoms with Crippen molar-refractivity contribution < 1.29 is 9.90 Å². The zero-order valence-corrected chi connectivity index (χ0v) is 12.8. The minimum atomic E-state index is -1.35. The molecule has 0 atom stereocenters. The number of carboxylic acid groups (broad SMARTS) is 1. The maximum atomic E-state index is 12.4. The molecule has 6 nitrogen and oxygen atoms in total. The highest BCUT2D eigenvalue weighted by Crippen LogP contribution is 2.21. The summed E-state index contributed by atoms with van der Waals surface area (Å²) in [5.74, 6) is -1.36. The fourth-order valence-corrected chi connectivity index (χ4v) is 2.42. The lowest BCUT2D eigenvalue weighted by Gasteiger charge is -2.11. The molecule has 0 fully saturated rings. The molecule has 23 heavy (non-hydrogen) atoms. The van der Waals surface area contributed by atoms with Crippen molar-refractivity contribution in [2.75, 3.05) is 5.32 Å². The van der Waals surface area contributed by atoms with Crippen LogP contribution >= 0.6 is 11.6 Å². The number of halogens is 1. The van der Waals surface area contributed by atoms with Crippen molar-refractivity contribution in [3.8, 4) is 0 Å². The Bertz CT molecular complexity index is 982. The van der Waals surface area contributed by atoms with Crippen molar-refractivity contribution in [2.24, 2.45) is 0 Å². The van der Waals surface area contributed by atoms with Gasteiger partial charge < -0.3 is 10.4 Å². The average molecular weight is 330 g/mol. The molecule has 0 aliphatic carbocycles. The number of rotatable bonds is 3. The van der Waals surface area contributed by atoms with E-state index in [2.05, 4.69) is 10.3 Å². The summed E-state index contributed by atoms with van der Waals surface area (Å²) < 4.78 is 1.21. The Morgan fingerprint density at radius 3 is 2.78 bits per heavy atom. The van der Waals surface area contributed by atoms with E-state index in [1.54, 1.807) is 36.4 Å². The lowest BCUT2D eigenvalue weighted by molar-refractivity contribution is 0.0695. The summed E-state index contributed by atoms with van der Waals surface area (Å²) in [6, 6.07) is 10.1. The fourth-order valence-electron chi connectivity index (χ4n) is 2.23. The Hall–Kier alpha value is -2.86. The van der Waals surface area contributed by atoms with E-state index in [9.17, 15) is 14.7 Å². The van der Waals surface area contributed by atoms with Gasteiger partial charge in [0.1, 0.15) is 5.65 Å². The third kappa shape index (κ3) is 2.89. The molecule has 2 aromatic heterocycles. The molecule has 0 radical (unpaired) electrons. The number of hydrogen-bond acceptors (Lipinski definition) is 4. The van der Waals surface area contributed by atoms with Gasteiger partial charge in [0.05, 0.1) is 0 Å². The Morgan fingerprint density at radius 2 is 2.09 bits per heavy atom. The van der Waals surface area contributed by atoms with Crippen LogP contribution in [0.4, 0.5) is 11.5 Å². The first kappa shape index (κ1) is 15.1. The van der Waals surface area contributed by atoms with E-state index >= 15 is 0 Å². The monoisotopic (exact) mass is 329 g/mol. The van der Waals surface area contributed by atoms with E-state index in [-0.39, 0.29) is 5.82 Å². The molecule has 0 amide bonds. The van der Waals surface area contributed by atoms with E-state index < -0.39 is 17.1 Å². The first-order valence-corrected chi connectivity index (χ1v) is 7.12. The molecule has 0 saturated carbocycles. The second-order valence-corrected chi connectivity index (χ2v) is 5.45. The number of nitrogens with one attached hydrogen (secondary N) is 1. The smallest absolute Gasteiger partial charge is 0.345 e. The van der Waals surface area contributed by atoms with Crippen LogP contribution in [-0.2, 0) is 0 Å². The minimum absolute atomic E-state index is 0.0182. The van der Waals surface area contributed by atoms with Gasteiger partial charge in [-0.1, -0.05) is 17.7 Å². The normalized spacial score (nSPS) is 10.7. The number of aromatic carboxylic acids is 1. The molecule has 3 aromatic rings. The predicted octanol–water partition coefficient (Wildman–Crippen LogP) is 3.10. The quantitative estimate of drug-likeness (QED) is 0.771. The first-order valence-electron chi connectivity index (χ1n) is 6.74. The molecule has 1 aromatic carbocycles. The zero-order valence-electron chi connectivity index (χ0n) is 12.1. The van der Waals surface area contributed by atoms with E-state index in [0.29, 0.717) is 16.4 Å². The topological polar surface area (TPSA) is 83.7 Å². The van der Waals surface area contributed by atoms with Gasteiger partial charge in [0, 0.05) is 16.9 Å². The predicted molar refractivity (Wildman–Crippen MR) is 87.9 cm³/mol. The van der Waals surface area contributed by atoms with Crippen molar-refractivity contribution in [1.29, 1.82) is 0 Å². The number of aromatic nitrogens is 2. The van der Waals surface area contributed by atoms with Crippen LogP contribution in [-0.4, -0.2) is 20.5 Å². The average Bonchev–Trinajstić information content (AvgIpc) is 2.46. The Labute approximate surface area is 136 Å². The number of aryl methyl sites for hydroxylation is 1. The van der Waals surface area contributed by atoms with Crippen LogP contribution < -0.4 is 10.9 Å². The Balaban J connectivity index is 2.23. The molecule has 0 saturated heterocycles. The largest absolute Gasteiger partial charge is 0.477 e. The second-order valence-electron chi connectivity index (χ2n) is 5.01. The number of carbonyl (C=O) groups is 1. The van der Waals surface area contributed by atoms with Crippen molar-refractivity contribution in [3.05, 3.63) is 69.1 Å². The van der Waals surface area contributed by atoms with Crippen LogP contribution in [0.5, 0.6) is 0 Å². The molecule has 0 aliphatic rings. The highest BCUT2D eigenvalue weighted by Gasteiger charge is 2.19. The fraction of sp³-hybridized carbons (Fsp3) is 0.0625. The maximum absolute atomic E-state index is 12.4. The summed E-state index contributed by atoms with van der Waals surface area (Å²) in [6.45, 7) is 1.86. The standard InChI is InChI=1S/C16H12ClN3O3/c1-9-5-6-20-12(7-9)19-14(13(15(20)21)16(22)23)18-11-4-2-3-10(17)8-11/h2-8,18H,1H3,(H,22,23). The molecule has 0 spiro atoms. The van der Waals surface area contributed by atoms with Crippen LogP contribution in [0.15, 0.2) is 47.4 Å². The number of benzene rings is 1. The van der Waals surface area contributed by atoms with Crippen LogP contribution in [0, 0.1) is 6.92 Å².